The van der Waals surface area contributed by atoms with Gasteiger partial charge in [0.2, 0.25) is 0 Å². The van der Waals surface area contributed by atoms with Gasteiger partial charge in [-0.1, -0.05) is 26.2 Å². The second-order valence-electron chi connectivity index (χ2n) is 4.86. The lowest BCUT2D eigenvalue weighted by molar-refractivity contribution is 0.538. The molecule has 2 aromatic rings. The van der Waals surface area contributed by atoms with Crippen LogP contribution in [0.5, 0.6) is 0 Å². The van der Waals surface area contributed by atoms with E-state index in [9.17, 15) is 9.59 Å². The molecule has 0 aliphatic rings. The monoisotopic (exact) mass is 264 g/mol. The van der Waals surface area contributed by atoms with Gasteiger partial charge >= 0.3 is 5.69 Å². The number of nitrogens with zero attached hydrogens (tertiary/aromatic N) is 4. The van der Waals surface area contributed by atoms with E-state index in [-0.39, 0.29) is 11.2 Å². The van der Waals surface area contributed by atoms with E-state index < -0.39 is 0 Å². The lowest BCUT2D eigenvalue weighted by Crippen LogP contribution is -2.39. The molecular weight excluding hydrogens is 244 g/mol. The summed E-state index contributed by atoms with van der Waals surface area (Å²) in [5.74, 6) is 0. The molecule has 104 valence electrons. The van der Waals surface area contributed by atoms with Crippen LogP contribution in [0.15, 0.2) is 15.8 Å². The predicted octanol–water partition coefficient (Wildman–Crippen LogP) is 1.01. The fourth-order valence-corrected chi connectivity index (χ4v) is 2.38. The van der Waals surface area contributed by atoms with Crippen LogP contribution in [0.2, 0.25) is 0 Å². The number of rotatable bonds is 5. The molecule has 0 bridgehead atoms. The molecule has 2 heterocycles. The normalized spacial score (nSPS) is 11.3. The van der Waals surface area contributed by atoms with Crippen LogP contribution >= 0.6 is 0 Å². The van der Waals surface area contributed by atoms with Crippen molar-refractivity contribution >= 4 is 11.0 Å². The Balaban J connectivity index is 2.45. The zero-order chi connectivity index (χ0) is 14.0. The first kappa shape index (κ1) is 13.6. The van der Waals surface area contributed by atoms with Gasteiger partial charge in [0, 0.05) is 20.6 Å². The highest BCUT2D eigenvalue weighted by molar-refractivity contribution is 5.73. The van der Waals surface area contributed by atoms with Crippen molar-refractivity contribution in [3.63, 3.8) is 0 Å². The number of hydrogen-bond acceptors (Lipinski definition) is 3. The number of aromatic nitrogens is 4. The summed E-state index contributed by atoms with van der Waals surface area (Å²) in [5, 5.41) is 4.55. The second-order valence-corrected chi connectivity index (χ2v) is 4.86. The second kappa shape index (κ2) is 5.42. The number of hydrogen-bond donors (Lipinski definition) is 0. The molecule has 0 aliphatic carbocycles. The van der Waals surface area contributed by atoms with E-state index in [4.69, 9.17) is 0 Å². The highest BCUT2D eigenvalue weighted by Crippen LogP contribution is 2.05. The molecule has 0 N–H and O–H groups in total. The molecule has 0 amide bonds. The highest BCUT2D eigenvalue weighted by Gasteiger charge is 2.13. The molecule has 0 atom stereocenters. The summed E-state index contributed by atoms with van der Waals surface area (Å²) in [4.78, 5) is 24.5. The van der Waals surface area contributed by atoms with Crippen LogP contribution < -0.4 is 11.2 Å². The van der Waals surface area contributed by atoms with Gasteiger partial charge in [-0.2, -0.15) is 5.10 Å². The fraction of sp³-hybridized carbons (Fsp3) is 0.615. The Labute approximate surface area is 111 Å². The molecule has 2 rings (SSSR count). The number of unbranched alkanes of at least 4 members (excludes halogenated alkanes) is 3. The summed E-state index contributed by atoms with van der Waals surface area (Å²) < 4.78 is 4.36. The third-order valence-corrected chi connectivity index (χ3v) is 3.45. The molecule has 0 aliphatic heterocycles. The standard InChI is InChI=1S/C13H20N4O2/c1-4-5-6-7-8-17-12(18)10-9-14-16(3)11(10)15(2)13(17)19/h9H,4-8H2,1-3H3. The Morgan fingerprint density at radius 2 is 1.89 bits per heavy atom. The minimum Gasteiger partial charge on any atom is -0.281 e. The summed E-state index contributed by atoms with van der Waals surface area (Å²) >= 11 is 0. The maximum atomic E-state index is 12.3. The number of fused-ring (bicyclic) bond motifs is 1. The number of aryl methyl sites for hydroxylation is 2. The Morgan fingerprint density at radius 3 is 2.58 bits per heavy atom. The first-order valence-electron chi connectivity index (χ1n) is 6.69. The first-order chi connectivity index (χ1) is 9.07. The Bertz CT molecular complexity index is 693. The Kier molecular flexibility index (Phi) is 3.87. The molecular formula is C13H20N4O2. The van der Waals surface area contributed by atoms with Crippen molar-refractivity contribution in [1.29, 1.82) is 0 Å². The van der Waals surface area contributed by atoms with Crippen LogP contribution in [0.1, 0.15) is 32.6 Å². The van der Waals surface area contributed by atoms with Crippen molar-refractivity contribution in [2.24, 2.45) is 14.1 Å². The molecule has 6 heteroatoms. The Morgan fingerprint density at radius 1 is 1.16 bits per heavy atom. The summed E-state index contributed by atoms with van der Waals surface area (Å²) in [5.41, 5.74) is 0.0695. The van der Waals surface area contributed by atoms with Crippen molar-refractivity contribution in [2.75, 3.05) is 0 Å². The van der Waals surface area contributed by atoms with E-state index in [0.29, 0.717) is 17.6 Å². The van der Waals surface area contributed by atoms with Gasteiger partial charge in [-0.25, -0.2) is 4.79 Å². The van der Waals surface area contributed by atoms with Crippen molar-refractivity contribution in [2.45, 2.75) is 39.2 Å². The van der Waals surface area contributed by atoms with E-state index >= 15 is 0 Å². The van der Waals surface area contributed by atoms with E-state index in [1.165, 1.54) is 15.3 Å². The van der Waals surface area contributed by atoms with Crippen LogP contribution in [0, 0.1) is 0 Å². The summed E-state index contributed by atoms with van der Waals surface area (Å²) in [6.07, 6.45) is 5.68. The summed E-state index contributed by atoms with van der Waals surface area (Å²) in [7, 11) is 3.40. The zero-order valence-corrected chi connectivity index (χ0v) is 11.7. The maximum absolute atomic E-state index is 12.3. The molecule has 0 fully saturated rings. The van der Waals surface area contributed by atoms with Gasteiger partial charge in [0.1, 0.15) is 11.0 Å². The maximum Gasteiger partial charge on any atom is 0.332 e. The summed E-state index contributed by atoms with van der Waals surface area (Å²) in [6, 6.07) is 0. The van der Waals surface area contributed by atoms with Gasteiger partial charge in [0.25, 0.3) is 5.56 Å². The zero-order valence-electron chi connectivity index (χ0n) is 11.7. The molecule has 2 aromatic heterocycles. The van der Waals surface area contributed by atoms with Crippen LogP contribution in [0.4, 0.5) is 0 Å². The van der Waals surface area contributed by atoms with Crippen molar-refractivity contribution in [3.05, 3.63) is 27.0 Å². The molecule has 0 saturated heterocycles. The van der Waals surface area contributed by atoms with Crippen LogP contribution in [-0.4, -0.2) is 18.9 Å². The van der Waals surface area contributed by atoms with Gasteiger partial charge < -0.3 is 0 Å². The lowest BCUT2D eigenvalue weighted by Gasteiger charge is -2.08. The molecule has 0 spiro atoms. The average Bonchev–Trinajstić information content (AvgIpc) is 2.78. The van der Waals surface area contributed by atoms with Gasteiger partial charge in [0.15, 0.2) is 0 Å². The van der Waals surface area contributed by atoms with Crippen LogP contribution in [0.25, 0.3) is 11.0 Å². The summed E-state index contributed by atoms with van der Waals surface area (Å²) in [6.45, 7) is 2.61. The largest absolute Gasteiger partial charge is 0.332 e. The van der Waals surface area contributed by atoms with Crippen molar-refractivity contribution in [3.8, 4) is 0 Å². The Hall–Kier alpha value is -1.85. The topological polar surface area (TPSA) is 61.8 Å². The quantitative estimate of drug-likeness (QED) is 0.757. The van der Waals surface area contributed by atoms with E-state index in [1.54, 1.807) is 18.8 Å². The molecule has 0 unspecified atom stereocenters. The third kappa shape index (κ3) is 2.34. The smallest absolute Gasteiger partial charge is 0.281 e. The minimum atomic E-state index is -0.266. The van der Waals surface area contributed by atoms with Crippen molar-refractivity contribution in [1.82, 2.24) is 18.9 Å². The molecule has 6 nitrogen and oxygen atoms in total. The van der Waals surface area contributed by atoms with Crippen LogP contribution in [-0.2, 0) is 20.6 Å². The highest BCUT2D eigenvalue weighted by atomic mass is 16.2. The van der Waals surface area contributed by atoms with E-state index in [1.807, 2.05) is 0 Å². The minimum absolute atomic E-state index is 0.234. The molecule has 19 heavy (non-hydrogen) atoms. The van der Waals surface area contributed by atoms with Gasteiger partial charge in [0.05, 0.1) is 6.20 Å². The molecule has 0 radical (unpaired) electrons. The van der Waals surface area contributed by atoms with Crippen molar-refractivity contribution < 1.29 is 0 Å². The predicted molar refractivity (Wildman–Crippen MR) is 74.4 cm³/mol. The van der Waals surface area contributed by atoms with E-state index in [2.05, 4.69) is 12.0 Å². The van der Waals surface area contributed by atoms with Gasteiger partial charge in [-0.15, -0.1) is 0 Å². The first-order valence-corrected chi connectivity index (χ1v) is 6.69. The van der Waals surface area contributed by atoms with E-state index in [0.717, 1.165) is 25.7 Å². The van der Waals surface area contributed by atoms with Gasteiger partial charge in [-0.3, -0.25) is 18.6 Å². The van der Waals surface area contributed by atoms with Gasteiger partial charge in [-0.05, 0) is 6.42 Å². The molecule has 0 aromatic carbocycles. The van der Waals surface area contributed by atoms with Crippen LogP contribution in [0.3, 0.4) is 0 Å². The average molecular weight is 264 g/mol. The SMILES string of the molecule is CCCCCCn1c(=O)c2cnn(C)c2n(C)c1=O. The third-order valence-electron chi connectivity index (χ3n) is 3.45. The molecule has 0 saturated carbocycles. The fourth-order valence-electron chi connectivity index (χ4n) is 2.38. The lowest BCUT2D eigenvalue weighted by atomic mass is 10.2.